The van der Waals surface area contributed by atoms with Gasteiger partial charge in [-0.1, -0.05) is 0 Å². The third-order valence-electron chi connectivity index (χ3n) is 2.52. The van der Waals surface area contributed by atoms with Gasteiger partial charge in [0.2, 0.25) is 0 Å². The van der Waals surface area contributed by atoms with Crippen molar-refractivity contribution in [2.75, 3.05) is 19.7 Å². The minimum absolute atomic E-state index is 0.163. The van der Waals surface area contributed by atoms with E-state index >= 15 is 0 Å². The quantitative estimate of drug-likeness (QED) is 0.478. The van der Waals surface area contributed by atoms with Crippen LogP contribution in [0.2, 0.25) is 0 Å². The number of aliphatic hydroxyl groups is 2. The van der Waals surface area contributed by atoms with Crippen molar-refractivity contribution in [1.29, 1.82) is 0 Å². The van der Waals surface area contributed by atoms with Crippen LogP contribution in [0.4, 0.5) is 4.79 Å². The Morgan fingerprint density at radius 3 is 2.56 bits per heavy atom. The Morgan fingerprint density at radius 2 is 2.19 bits per heavy atom. The highest BCUT2D eigenvalue weighted by Gasteiger charge is 2.35. The molecule has 1 aliphatic heterocycles. The van der Waals surface area contributed by atoms with Crippen LogP contribution in [0.1, 0.15) is 13.3 Å². The molecule has 0 aromatic heterocycles. The maximum Gasteiger partial charge on any atom is 0.328 e. The highest BCUT2D eigenvalue weighted by Crippen LogP contribution is 2.19. The van der Waals surface area contributed by atoms with Gasteiger partial charge in [-0.3, -0.25) is 0 Å². The number of hydrogen-bond donors (Lipinski definition) is 4. The molecule has 0 bridgehead atoms. The number of hydrogen-bond acceptors (Lipinski definition) is 4. The van der Waals surface area contributed by atoms with Crippen molar-refractivity contribution in [1.82, 2.24) is 10.2 Å². The monoisotopic (exact) mass is 232 g/mol. The van der Waals surface area contributed by atoms with Crippen molar-refractivity contribution in [3.63, 3.8) is 0 Å². The molecule has 1 saturated heterocycles. The lowest BCUT2D eigenvalue weighted by atomic mass is 10.1. The van der Waals surface area contributed by atoms with Gasteiger partial charge >= 0.3 is 12.0 Å². The number of carbonyl (C=O) groups excluding carboxylic acids is 1. The third kappa shape index (κ3) is 3.07. The van der Waals surface area contributed by atoms with E-state index in [0.717, 1.165) is 0 Å². The van der Waals surface area contributed by atoms with Crippen LogP contribution < -0.4 is 5.32 Å². The van der Waals surface area contributed by atoms with Gasteiger partial charge in [0.1, 0.15) is 0 Å². The van der Waals surface area contributed by atoms with Crippen LogP contribution in [0, 0.1) is 0 Å². The Balaban J connectivity index is 2.50. The van der Waals surface area contributed by atoms with Gasteiger partial charge in [0.05, 0.1) is 18.8 Å². The summed E-state index contributed by atoms with van der Waals surface area (Å²) < 4.78 is 0. The van der Waals surface area contributed by atoms with Crippen LogP contribution in [-0.2, 0) is 4.79 Å². The van der Waals surface area contributed by atoms with Gasteiger partial charge in [0.25, 0.3) is 0 Å². The van der Waals surface area contributed by atoms with Crippen LogP contribution >= 0.6 is 0 Å². The van der Waals surface area contributed by atoms with E-state index in [1.807, 2.05) is 0 Å². The minimum Gasteiger partial charge on any atom is -0.480 e. The molecule has 1 rings (SSSR count). The maximum absolute atomic E-state index is 11.5. The summed E-state index contributed by atoms with van der Waals surface area (Å²) in [6, 6.07) is -1.89. The lowest BCUT2D eigenvalue weighted by Gasteiger charge is -2.21. The summed E-state index contributed by atoms with van der Waals surface area (Å²) in [5.41, 5.74) is -0.921. The summed E-state index contributed by atoms with van der Waals surface area (Å²) in [6.45, 7) is 1.49. The Bertz CT molecular complexity index is 292. The highest BCUT2D eigenvalue weighted by molar-refractivity contribution is 5.82. The lowest BCUT2D eigenvalue weighted by molar-refractivity contribution is -0.140. The number of carboxylic acids is 1. The molecule has 92 valence electrons. The Morgan fingerprint density at radius 1 is 1.56 bits per heavy atom. The maximum atomic E-state index is 11.5. The first kappa shape index (κ1) is 12.7. The molecule has 2 amide bonds. The third-order valence-corrected chi connectivity index (χ3v) is 2.52. The van der Waals surface area contributed by atoms with Crippen molar-refractivity contribution in [3.05, 3.63) is 0 Å². The van der Waals surface area contributed by atoms with Crippen LogP contribution in [0.15, 0.2) is 0 Å². The molecule has 7 nitrogen and oxygen atoms in total. The van der Waals surface area contributed by atoms with E-state index in [1.165, 1.54) is 4.90 Å². The number of likely N-dealkylation sites (tertiary alicyclic amines) is 1. The number of nitrogens with one attached hydrogen (secondary N) is 1. The summed E-state index contributed by atoms with van der Waals surface area (Å²) in [6.07, 6.45) is 0.456. The van der Waals surface area contributed by atoms with Crippen molar-refractivity contribution in [2.45, 2.75) is 25.0 Å². The summed E-state index contributed by atoms with van der Waals surface area (Å²) >= 11 is 0. The lowest BCUT2D eigenvalue weighted by Crippen LogP contribution is -2.49. The molecule has 1 heterocycles. The molecule has 1 fully saturated rings. The Kier molecular flexibility index (Phi) is 3.71. The van der Waals surface area contributed by atoms with Crippen molar-refractivity contribution in [2.24, 2.45) is 0 Å². The molecule has 16 heavy (non-hydrogen) atoms. The summed E-state index contributed by atoms with van der Waals surface area (Å²) in [7, 11) is 0. The molecule has 0 spiro atoms. The Labute approximate surface area is 92.7 Å². The number of amides is 2. The number of urea groups is 1. The van der Waals surface area contributed by atoms with Crippen LogP contribution in [-0.4, -0.2) is 63.6 Å². The molecular formula is C9H16N2O5. The fraction of sp³-hybridized carbons (Fsp3) is 0.778. The number of carbonyl (C=O) groups is 2. The zero-order chi connectivity index (χ0) is 12.3. The standard InChI is InChI=1S/C9H16N2O5/c1-9(16)2-3-11(5-9)8(15)10-6(4-12)7(13)14/h6,12,16H,2-5H2,1H3,(H,10,15)(H,13,14)/t6-,9?/m0/s1. The van der Waals surface area contributed by atoms with E-state index in [1.54, 1.807) is 6.92 Å². The first-order chi connectivity index (χ1) is 7.35. The predicted molar refractivity (Wildman–Crippen MR) is 53.9 cm³/mol. The van der Waals surface area contributed by atoms with Crippen molar-refractivity contribution < 1.29 is 24.9 Å². The molecule has 1 unspecified atom stereocenters. The first-order valence-electron chi connectivity index (χ1n) is 4.97. The van der Waals surface area contributed by atoms with E-state index in [4.69, 9.17) is 10.2 Å². The van der Waals surface area contributed by atoms with Gasteiger partial charge in [-0.25, -0.2) is 9.59 Å². The number of aliphatic carboxylic acids is 1. The molecular weight excluding hydrogens is 216 g/mol. The van der Waals surface area contributed by atoms with E-state index in [0.29, 0.717) is 13.0 Å². The van der Waals surface area contributed by atoms with E-state index in [2.05, 4.69) is 5.32 Å². The number of rotatable bonds is 3. The molecule has 7 heteroatoms. The zero-order valence-corrected chi connectivity index (χ0v) is 9.01. The van der Waals surface area contributed by atoms with Gasteiger partial charge in [-0.2, -0.15) is 0 Å². The smallest absolute Gasteiger partial charge is 0.328 e. The molecule has 0 aromatic carbocycles. The van der Waals surface area contributed by atoms with Gasteiger partial charge in [0, 0.05) is 6.54 Å². The van der Waals surface area contributed by atoms with Gasteiger partial charge in [-0.15, -0.1) is 0 Å². The predicted octanol–water partition coefficient (Wildman–Crippen LogP) is -1.40. The SMILES string of the molecule is CC1(O)CCN(C(=O)N[C@@H](CO)C(=O)O)C1. The van der Waals surface area contributed by atoms with E-state index < -0.39 is 30.3 Å². The average Bonchev–Trinajstić information content (AvgIpc) is 2.54. The van der Waals surface area contributed by atoms with Gasteiger partial charge in [0.15, 0.2) is 6.04 Å². The molecule has 0 aromatic rings. The van der Waals surface area contributed by atoms with Crippen LogP contribution in [0.3, 0.4) is 0 Å². The number of β-amino-alcohol motifs (C(OH)–C–C–N with tert-alkyl or cyclic N) is 1. The number of aliphatic hydroxyl groups excluding tert-OH is 1. The normalized spacial score (nSPS) is 26.6. The first-order valence-corrected chi connectivity index (χ1v) is 4.97. The summed E-state index contributed by atoms with van der Waals surface area (Å²) in [4.78, 5) is 23.4. The molecule has 0 saturated carbocycles. The second-order valence-corrected chi connectivity index (χ2v) is 4.19. The molecule has 4 N–H and O–H groups in total. The molecule has 0 aliphatic carbocycles. The second-order valence-electron chi connectivity index (χ2n) is 4.19. The molecule has 1 aliphatic rings. The summed E-state index contributed by atoms with van der Waals surface area (Å²) in [5, 5.41) is 29.2. The minimum atomic E-state index is -1.31. The largest absolute Gasteiger partial charge is 0.480 e. The number of nitrogens with zero attached hydrogens (tertiary/aromatic N) is 1. The topological polar surface area (TPSA) is 110 Å². The fourth-order valence-electron chi connectivity index (χ4n) is 1.54. The molecule has 0 radical (unpaired) electrons. The Hall–Kier alpha value is -1.34. The zero-order valence-electron chi connectivity index (χ0n) is 9.01. The van der Waals surface area contributed by atoms with E-state index in [9.17, 15) is 14.7 Å². The fourth-order valence-corrected chi connectivity index (χ4v) is 1.54. The second kappa shape index (κ2) is 4.67. The van der Waals surface area contributed by atoms with E-state index in [-0.39, 0.29) is 6.54 Å². The summed E-state index contributed by atoms with van der Waals surface area (Å²) in [5.74, 6) is -1.29. The van der Waals surface area contributed by atoms with Crippen molar-refractivity contribution >= 4 is 12.0 Å². The average molecular weight is 232 g/mol. The molecule has 2 atom stereocenters. The van der Waals surface area contributed by atoms with Gasteiger partial charge in [-0.05, 0) is 13.3 Å². The number of carboxylic acid groups (broad SMARTS) is 1. The van der Waals surface area contributed by atoms with Crippen LogP contribution in [0.25, 0.3) is 0 Å². The van der Waals surface area contributed by atoms with Gasteiger partial charge < -0.3 is 25.5 Å². The van der Waals surface area contributed by atoms with Crippen molar-refractivity contribution in [3.8, 4) is 0 Å². The highest BCUT2D eigenvalue weighted by atomic mass is 16.4. The van der Waals surface area contributed by atoms with Crippen LogP contribution in [0.5, 0.6) is 0 Å².